The lowest BCUT2D eigenvalue weighted by Gasteiger charge is -2.19. The summed E-state index contributed by atoms with van der Waals surface area (Å²) in [6.07, 6.45) is -0.229. The molecule has 2 rings (SSSR count). The van der Waals surface area contributed by atoms with E-state index in [0.717, 1.165) is 8.61 Å². The van der Waals surface area contributed by atoms with Crippen molar-refractivity contribution >= 4 is 21.9 Å². The second kappa shape index (κ2) is 5.06. The van der Waals surface area contributed by atoms with Gasteiger partial charge < -0.3 is 10.2 Å². The highest BCUT2D eigenvalue weighted by Crippen LogP contribution is 2.27. The topological polar surface area (TPSA) is 98.2 Å². The first-order chi connectivity index (χ1) is 8.91. The van der Waals surface area contributed by atoms with E-state index in [1.54, 1.807) is 12.1 Å². The van der Waals surface area contributed by atoms with Crippen LogP contribution in [0.3, 0.4) is 0 Å². The van der Waals surface area contributed by atoms with Gasteiger partial charge in [0.2, 0.25) is 0 Å². The minimum absolute atomic E-state index is 0.0170. The van der Waals surface area contributed by atoms with Gasteiger partial charge in [-0.1, -0.05) is 6.07 Å². The standard InChI is InChI=1S/C11H14N2O5S/c14-10-3-1-2-9(8-10)13-7-6-12(19(13,17)18)5-4-11(15)16/h1-3,8,14H,4-7H2,(H,15,16). The summed E-state index contributed by atoms with van der Waals surface area (Å²) in [5.74, 6) is -1.05. The average molecular weight is 286 g/mol. The van der Waals surface area contributed by atoms with Gasteiger partial charge in [-0.25, -0.2) is 0 Å². The van der Waals surface area contributed by atoms with Crippen LogP contribution in [0.25, 0.3) is 0 Å². The van der Waals surface area contributed by atoms with Crippen LogP contribution in [-0.2, 0) is 15.0 Å². The van der Waals surface area contributed by atoms with Gasteiger partial charge in [-0.3, -0.25) is 9.10 Å². The number of anilines is 1. The smallest absolute Gasteiger partial charge is 0.304 e. The van der Waals surface area contributed by atoms with Crippen LogP contribution >= 0.6 is 0 Å². The van der Waals surface area contributed by atoms with Gasteiger partial charge in [0.15, 0.2) is 0 Å². The molecule has 1 aliphatic heterocycles. The van der Waals surface area contributed by atoms with Crippen molar-refractivity contribution in [1.82, 2.24) is 4.31 Å². The number of aliphatic carboxylic acids is 1. The van der Waals surface area contributed by atoms with Crippen molar-refractivity contribution < 1.29 is 23.4 Å². The number of aromatic hydroxyl groups is 1. The van der Waals surface area contributed by atoms with E-state index in [-0.39, 0.29) is 31.8 Å². The summed E-state index contributed by atoms with van der Waals surface area (Å²) in [5, 5.41) is 18.0. The van der Waals surface area contributed by atoms with Crippen molar-refractivity contribution in [1.29, 1.82) is 0 Å². The van der Waals surface area contributed by atoms with Gasteiger partial charge in [0.1, 0.15) is 5.75 Å². The highest BCUT2D eigenvalue weighted by atomic mass is 32.2. The molecule has 0 spiro atoms. The maximum Gasteiger partial charge on any atom is 0.304 e. The van der Waals surface area contributed by atoms with Crippen molar-refractivity contribution in [2.45, 2.75) is 6.42 Å². The molecule has 0 amide bonds. The van der Waals surface area contributed by atoms with E-state index in [1.807, 2.05) is 0 Å². The first kappa shape index (κ1) is 13.6. The Hall–Kier alpha value is -1.80. The molecule has 1 fully saturated rings. The van der Waals surface area contributed by atoms with Crippen molar-refractivity contribution in [2.75, 3.05) is 23.9 Å². The van der Waals surface area contributed by atoms with Gasteiger partial charge in [-0.2, -0.15) is 12.7 Å². The van der Waals surface area contributed by atoms with E-state index in [0.29, 0.717) is 5.69 Å². The van der Waals surface area contributed by atoms with E-state index in [9.17, 15) is 18.3 Å². The number of hydrogen-bond donors (Lipinski definition) is 2. The first-order valence-corrected chi connectivity index (χ1v) is 7.09. The van der Waals surface area contributed by atoms with E-state index in [4.69, 9.17) is 5.11 Å². The van der Waals surface area contributed by atoms with Crippen LogP contribution in [0.5, 0.6) is 5.75 Å². The monoisotopic (exact) mass is 286 g/mol. The molecule has 1 aliphatic rings. The van der Waals surface area contributed by atoms with E-state index in [2.05, 4.69) is 0 Å². The van der Waals surface area contributed by atoms with Crippen LogP contribution in [-0.4, -0.2) is 48.5 Å². The molecular formula is C11H14N2O5S. The van der Waals surface area contributed by atoms with Crippen LogP contribution in [0.2, 0.25) is 0 Å². The van der Waals surface area contributed by atoms with Gasteiger partial charge in [-0.15, -0.1) is 0 Å². The third-order valence-electron chi connectivity index (χ3n) is 2.85. The normalized spacial score (nSPS) is 18.6. The summed E-state index contributed by atoms with van der Waals surface area (Å²) in [4.78, 5) is 10.5. The minimum atomic E-state index is -3.70. The fourth-order valence-electron chi connectivity index (χ4n) is 1.93. The zero-order valence-corrected chi connectivity index (χ0v) is 10.9. The molecule has 7 nitrogen and oxygen atoms in total. The number of hydrogen-bond acceptors (Lipinski definition) is 4. The largest absolute Gasteiger partial charge is 0.508 e. The Labute approximate surface area is 110 Å². The van der Waals surface area contributed by atoms with Crippen LogP contribution in [0.1, 0.15) is 6.42 Å². The van der Waals surface area contributed by atoms with Crippen molar-refractivity contribution in [3.63, 3.8) is 0 Å². The molecule has 2 N–H and O–H groups in total. The Morgan fingerprint density at radius 2 is 2.05 bits per heavy atom. The summed E-state index contributed by atoms with van der Waals surface area (Å²) in [6.45, 7) is 0.434. The zero-order valence-electron chi connectivity index (χ0n) is 10.1. The SMILES string of the molecule is O=C(O)CCN1CCN(c2cccc(O)c2)S1(=O)=O. The molecule has 19 heavy (non-hydrogen) atoms. The van der Waals surface area contributed by atoms with E-state index >= 15 is 0 Å². The molecule has 8 heteroatoms. The second-order valence-corrected chi connectivity index (χ2v) is 6.00. The number of phenolic OH excluding ortho intramolecular Hbond substituents is 1. The highest BCUT2D eigenvalue weighted by Gasteiger charge is 2.36. The number of rotatable bonds is 4. The Morgan fingerprint density at radius 1 is 1.32 bits per heavy atom. The molecule has 1 saturated heterocycles. The zero-order chi connectivity index (χ0) is 14.0. The van der Waals surface area contributed by atoms with E-state index < -0.39 is 16.2 Å². The molecular weight excluding hydrogens is 272 g/mol. The molecule has 0 aromatic heterocycles. The predicted octanol–water partition coefficient (Wildman–Crippen LogP) is 0.234. The lowest BCUT2D eigenvalue weighted by molar-refractivity contribution is -0.137. The fourth-order valence-corrected chi connectivity index (χ4v) is 3.54. The number of carboxylic acids is 1. The maximum atomic E-state index is 12.2. The summed E-state index contributed by atoms with van der Waals surface area (Å²) in [6, 6.07) is 5.95. The quantitative estimate of drug-likeness (QED) is 0.826. The number of carboxylic acid groups (broad SMARTS) is 1. The van der Waals surface area contributed by atoms with Crippen molar-refractivity contribution in [3.8, 4) is 5.75 Å². The maximum absolute atomic E-state index is 12.2. The fraction of sp³-hybridized carbons (Fsp3) is 0.364. The summed E-state index contributed by atoms with van der Waals surface area (Å²) >= 11 is 0. The van der Waals surface area contributed by atoms with Crippen LogP contribution in [0, 0.1) is 0 Å². The molecule has 1 aromatic carbocycles. The Morgan fingerprint density at radius 3 is 2.68 bits per heavy atom. The Balaban J connectivity index is 2.19. The predicted molar refractivity (Wildman–Crippen MR) is 68.2 cm³/mol. The number of carbonyl (C=O) groups is 1. The summed E-state index contributed by atoms with van der Waals surface area (Å²) < 4.78 is 26.7. The van der Waals surface area contributed by atoms with Crippen molar-refractivity contribution in [3.05, 3.63) is 24.3 Å². The lowest BCUT2D eigenvalue weighted by Crippen LogP contribution is -2.34. The second-order valence-electron chi connectivity index (χ2n) is 4.14. The third kappa shape index (κ3) is 2.79. The number of phenols is 1. The minimum Gasteiger partial charge on any atom is -0.508 e. The van der Waals surface area contributed by atoms with Crippen LogP contribution in [0.15, 0.2) is 24.3 Å². The average Bonchev–Trinajstić information content (AvgIpc) is 2.61. The molecule has 0 unspecified atom stereocenters. The van der Waals surface area contributed by atoms with Gasteiger partial charge >= 0.3 is 16.2 Å². The molecule has 0 atom stereocenters. The Bertz CT molecular complexity index is 587. The molecule has 0 radical (unpaired) electrons. The first-order valence-electron chi connectivity index (χ1n) is 5.70. The van der Waals surface area contributed by atoms with Crippen LogP contribution in [0.4, 0.5) is 5.69 Å². The third-order valence-corrected chi connectivity index (χ3v) is 4.82. The Kier molecular flexibility index (Phi) is 3.63. The number of nitrogens with zero attached hydrogens (tertiary/aromatic N) is 2. The lowest BCUT2D eigenvalue weighted by atomic mass is 10.3. The molecule has 1 heterocycles. The molecule has 0 bridgehead atoms. The van der Waals surface area contributed by atoms with Gasteiger partial charge in [0.05, 0.1) is 12.1 Å². The van der Waals surface area contributed by atoms with Crippen LogP contribution < -0.4 is 4.31 Å². The molecule has 1 aromatic rings. The molecule has 0 aliphatic carbocycles. The van der Waals surface area contributed by atoms with Gasteiger partial charge in [0, 0.05) is 25.7 Å². The number of benzene rings is 1. The van der Waals surface area contributed by atoms with E-state index in [1.165, 1.54) is 12.1 Å². The summed E-state index contributed by atoms with van der Waals surface area (Å²) in [5.41, 5.74) is 0.373. The van der Waals surface area contributed by atoms with Gasteiger partial charge in [-0.05, 0) is 12.1 Å². The summed E-state index contributed by atoms with van der Waals surface area (Å²) in [7, 11) is -3.70. The molecule has 104 valence electrons. The van der Waals surface area contributed by atoms with Crippen molar-refractivity contribution in [2.24, 2.45) is 0 Å². The highest BCUT2D eigenvalue weighted by molar-refractivity contribution is 7.90. The van der Waals surface area contributed by atoms with Gasteiger partial charge in [0.25, 0.3) is 0 Å². The molecule has 0 saturated carbocycles.